The molecule has 0 bridgehead atoms. The highest BCUT2D eigenvalue weighted by Gasteiger charge is 2.17. The molecule has 0 fully saturated rings. The molecule has 0 heterocycles. The Labute approximate surface area is 113 Å². The van der Waals surface area contributed by atoms with Crippen LogP contribution >= 0.6 is 0 Å². The van der Waals surface area contributed by atoms with Gasteiger partial charge in [0.25, 0.3) is 0 Å². The van der Waals surface area contributed by atoms with E-state index in [1.165, 1.54) is 0 Å². The lowest BCUT2D eigenvalue weighted by molar-refractivity contribution is 0.441. The van der Waals surface area contributed by atoms with E-state index in [2.05, 4.69) is 37.3 Å². The summed E-state index contributed by atoms with van der Waals surface area (Å²) in [5, 5.41) is 0. The lowest BCUT2D eigenvalue weighted by Crippen LogP contribution is -2.35. The SMILES string of the molecule is C=C(/C=C\CC)N=CN([B]C)CC(C)(C)C=NC. The standard InChI is InChI=1S/C14H25BN3/c1-7-8-9-13(2)17-12-18(15-5)11-14(3,4)10-16-6/h8-10,12H,2,7,11H2,1,3-6H3/b9-8-,16-10?,17-12?. The fourth-order valence-electron chi connectivity index (χ4n) is 1.50. The van der Waals surface area contributed by atoms with Crippen LogP contribution in [0.25, 0.3) is 0 Å². The van der Waals surface area contributed by atoms with E-state index in [1.807, 2.05) is 43.8 Å². The van der Waals surface area contributed by atoms with Crippen LogP contribution in [-0.4, -0.2) is 38.4 Å². The molecular weight excluding hydrogens is 221 g/mol. The van der Waals surface area contributed by atoms with Crippen LogP contribution in [0, 0.1) is 5.41 Å². The van der Waals surface area contributed by atoms with Crippen molar-refractivity contribution in [2.75, 3.05) is 13.6 Å². The Morgan fingerprint density at radius 2 is 2.11 bits per heavy atom. The van der Waals surface area contributed by atoms with Gasteiger partial charge in [-0.1, -0.05) is 40.2 Å². The van der Waals surface area contributed by atoms with Gasteiger partial charge in [0.15, 0.2) is 0 Å². The molecule has 0 aliphatic carbocycles. The molecule has 0 aliphatic rings. The van der Waals surface area contributed by atoms with Crippen molar-refractivity contribution in [3.8, 4) is 0 Å². The van der Waals surface area contributed by atoms with Crippen LogP contribution in [0.5, 0.6) is 0 Å². The van der Waals surface area contributed by atoms with Crippen LogP contribution in [0.3, 0.4) is 0 Å². The minimum Gasteiger partial charge on any atom is -0.410 e. The molecule has 0 spiro atoms. The minimum absolute atomic E-state index is 0.0217. The molecule has 0 atom stereocenters. The summed E-state index contributed by atoms with van der Waals surface area (Å²) < 4.78 is 0. The summed E-state index contributed by atoms with van der Waals surface area (Å²) in [6, 6.07) is 0. The van der Waals surface area contributed by atoms with Crippen molar-refractivity contribution in [3.63, 3.8) is 0 Å². The van der Waals surface area contributed by atoms with Gasteiger partial charge in [0.1, 0.15) is 0 Å². The van der Waals surface area contributed by atoms with Gasteiger partial charge in [-0.25, -0.2) is 4.99 Å². The topological polar surface area (TPSA) is 28.0 Å². The average molecular weight is 246 g/mol. The normalized spacial score (nSPS) is 12.7. The van der Waals surface area contributed by atoms with E-state index in [9.17, 15) is 0 Å². The first-order valence-electron chi connectivity index (χ1n) is 6.33. The molecule has 0 saturated heterocycles. The van der Waals surface area contributed by atoms with Gasteiger partial charge < -0.3 is 9.80 Å². The predicted molar refractivity (Wildman–Crippen MR) is 83.6 cm³/mol. The summed E-state index contributed by atoms with van der Waals surface area (Å²) in [6.07, 6.45) is 8.76. The van der Waals surface area contributed by atoms with E-state index in [1.54, 1.807) is 7.05 Å². The summed E-state index contributed by atoms with van der Waals surface area (Å²) in [7, 11) is 3.80. The molecule has 0 aliphatic heterocycles. The number of nitrogens with zero attached hydrogens (tertiary/aromatic N) is 3. The zero-order valence-corrected chi connectivity index (χ0v) is 12.3. The number of allylic oxidation sites excluding steroid dienone is 2. The Morgan fingerprint density at radius 1 is 1.44 bits per heavy atom. The quantitative estimate of drug-likeness (QED) is 0.280. The Hall–Kier alpha value is -1.32. The van der Waals surface area contributed by atoms with Crippen LogP contribution in [0.15, 0.2) is 34.4 Å². The maximum Gasteiger partial charge on any atom is 0.244 e. The van der Waals surface area contributed by atoms with Gasteiger partial charge >= 0.3 is 0 Å². The summed E-state index contributed by atoms with van der Waals surface area (Å²) >= 11 is 0. The Morgan fingerprint density at radius 3 is 2.61 bits per heavy atom. The van der Waals surface area contributed by atoms with Gasteiger partial charge in [0.05, 0.1) is 12.0 Å². The zero-order valence-electron chi connectivity index (χ0n) is 12.3. The van der Waals surface area contributed by atoms with E-state index in [0.29, 0.717) is 0 Å². The van der Waals surface area contributed by atoms with Crippen molar-refractivity contribution in [2.24, 2.45) is 15.4 Å². The number of aliphatic imine (C=N–C) groups is 2. The first kappa shape index (κ1) is 16.7. The molecule has 99 valence electrons. The molecule has 0 aromatic carbocycles. The van der Waals surface area contributed by atoms with Crippen LogP contribution in [0.2, 0.25) is 6.82 Å². The molecule has 0 amide bonds. The van der Waals surface area contributed by atoms with Crippen LogP contribution in [-0.2, 0) is 0 Å². The highest BCUT2D eigenvalue weighted by molar-refractivity contribution is 6.33. The minimum atomic E-state index is 0.0217. The number of hydrogen-bond acceptors (Lipinski definition) is 2. The third-order valence-corrected chi connectivity index (χ3v) is 2.32. The molecule has 3 nitrogen and oxygen atoms in total. The van der Waals surface area contributed by atoms with Gasteiger partial charge in [0, 0.05) is 25.2 Å². The largest absolute Gasteiger partial charge is 0.410 e. The molecule has 0 aromatic heterocycles. The average Bonchev–Trinajstić information content (AvgIpc) is 2.31. The molecule has 0 N–H and O–H groups in total. The van der Waals surface area contributed by atoms with Crippen molar-refractivity contribution in [1.82, 2.24) is 4.81 Å². The monoisotopic (exact) mass is 246 g/mol. The highest BCUT2D eigenvalue weighted by Crippen LogP contribution is 2.13. The fourth-order valence-corrected chi connectivity index (χ4v) is 1.50. The zero-order chi connectivity index (χ0) is 14.0. The summed E-state index contributed by atoms with van der Waals surface area (Å²) in [5.74, 6) is 0. The fraction of sp³-hybridized carbons (Fsp3) is 0.571. The van der Waals surface area contributed by atoms with Crippen molar-refractivity contribution in [1.29, 1.82) is 0 Å². The van der Waals surface area contributed by atoms with E-state index in [0.717, 1.165) is 18.7 Å². The van der Waals surface area contributed by atoms with Gasteiger partial charge in [-0.05, 0) is 12.5 Å². The Balaban J connectivity index is 4.48. The smallest absolute Gasteiger partial charge is 0.244 e. The second kappa shape index (κ2) is 8.73. The Bertz CT molecular complexity index is 330. The lowest BCUT2D eigenvalue weighted by atomic mass is 9.88. The van der Waals surface area contributed by atoms with Crippen molar-refractivity contribution >= 4 is 20.0 Å². The maximum atomic E-state index is 4.32. The molecular formula is C14H25BN3. The van der Waals surface area contributed by atoms with Gasteiger partial charge in [-0.15, -0.1) is 0 Å². The van der Waals surface area contributed by atoms with E-state index < -0.39 is 0 Å². The third kappa shape index (κ3) is 7.88. The van der Waals surface area contributed by atoms with Gasteiger partial charge in [-0.2, -0.15) is 0 Å². The lowest BCUT2D eigenvalue weighted by Gasteiger charge is -2.27. The van der Waals surface area contributed by atoms with E-state index >= 15 is 0 Å². The summed E-state index contributed by atoms with van der Waals surface area (Å²) in [6.45, 7) is 13.1. The second-order valence-electron chi connectivity index (χ2n) is 4.85. The van der Waals surface area contributed by atoms with Crippen molar-refractivity contribution < 1.29 is 0 Å². The summed E-state index contributed by atoms with van der Waals surface area (Å²) in [4.78, 5) is 10.5. The maximum absolute atomic E-state index is 4.32. The van der Waals surface area contributed by atoms with Crippen LogP contribution in [0.1, 0.15) is 27.2 Å². The third-order valence-electron chi connectivity index (χ3n) is 2.32. The van der Waals surface area contributed by atoms with Crippen molar-refractivity contribution in [3.05, 3.63) is 24.4 Å². The first-order valence-corrected chi connectivity index (χ1v) is 6.33. The summed E-state index contributed by atoms with van der Waals surface area (Å²) in [5.41, 5.74) is 0.791. The molecule has 0 aromatic rings. The number of rotatable bonds is 8. The van der Waals surface area contributed by atoms with E-state index in [-0.39, 0.29) is 5.41 Å². The Kier molecular flexibility index (Phi) is 8.09. The highest BCUT2D eigenvalue weighted by atomic mass is 15.1. The van der Waals surface area contributed by atoms with Crippen molar-refractivity contribution in [2.45, 2.75) is 34.0 Å². The first-order chi connectivity index (χ1) is 8.45. The van der Waals surface area contributed by atoms with Crippen LogP contribution < -0.4 is 0 Å². The molecule has 1 radical (unpaired) electrons. The van der Waals surface area contributed by atoms with Gasteiger partial charge in [-0.3, -0.25) is 0 Å². The van der Waals surface area contributed by atoms with Gasteiger partial charge in [0.2, 0.25) is 7.41 Å². The molecule has 18 heavy (non-hydrogen) atoms. The predicted octanol–water partition coefficient (Wildman–Crippen LogP) is 3.19. The molecule has 4 heteroatoms. The van der Waals surface area contributed by atoms with Crippen LogP contribution in [0.4, 0.5) is 0 Å². The molecule has 0 unspecified atom stereocenters. The number of hydrogen-bond donors (Lipinski definition) is 0. The molecule has 0 saturated carbocycles. The molecule has 0 rings (SSSR count). The second-order valence-corrected chi connectivity index (χ2v) is 4.85. The van der Waals surface area contributed by atoms with E-state index in [4.69, 9.17) is 0 Å².